The van der Waals surface area contributed by atoms with Crippen molar-refractivity contribution in [1.82, 2.24) is 0 Å². The Morgan fingerprint density at radius 3 is 2.53 bits per heavy atom. The Morgan fingerprint density at radius 2 is 2.00 bits per heavy atom. The molecule has 0 atom stereocenters. The number of hydrogen-bond donors (Lipinski definition) is 2. The standard InChI is InChI=1S/C12H14N2O3S2/c1-2-17-11-5-3-10(4-6-11)14-19(15,16)12-7-9(13)8-18-12/h3-8,14H,2,13H2,1H3. The van der Waals surface area contributed by atoms with Crippen molar-refractivity contribution < 1.29 is 13.2 Å². The van der Waals surface area contributed by atoms with Crippen LogP contribution in [-0.4, -0.2) is 15.0 Å². The molecule has 19 heavy (non-hydrogen) atoms. The minimum atomic E-state index is -3.57. The SMILES string of the molecule is CCOc1ccc(NS(=O)(=O)c2cc(N)cs2)cc1. The van der Waals surface area contributed by atoms with Crippen molar-refractivity contribution in [2.75, 3.05) is 17.1 Å². The number of thiophene rings is 1. The van der Waals surface area contributed by atoms with Crippen LogP contribution in [0.4, 0.5) is 11.4 Å². The van der Waals surface area contributed by atoms with E-state index in [9.17, 15) is 8.42 Å². The van der Waals surface area contributed by atoms with Gasteiger partial charge in [0.15, 0.2) is 0 Å². The van der Waals surface area contributed by atoms with Crippen LogP contribution in [0.25, 0.3) is 0 Å². The highest BCUT2D eigenvalue weighted by Gasteiger charge is 2.16. The normalized spacial score (nSPS) is 11.2. The summed E-state index contributed by atoms with van der Waals surface area (Å²) < 4.78 is 32.0. The summed E-state index contributed by atoms with van der Waals surface area (Å²) in [5, 5.41) is 1.59. The molecule has 102 valence electrons. The molecule has 0 spiro atoms. The van der Waals surface area contributed by atoms with Crippen molar-refractivity contribution in [2.45, 2.75) is 11.1 Å². The van der Waals surface area contributed by atoms with Gasteiger partial charge in [0.2, 0.25) is 0 Å². The summed E-state index contributed by atoms with van der Waals surface area (Å²) >= 11 is 1.09. The summed E-state index contributed by atoms with van der Waals surface area (Å²) in [5.74, 6) is 0.700. The fraction of sp³-hybridized carbons (Fsp3) is 0.167. The van der Waals surface area contributed by atoms with Crippen molar-refractivity contribution in [3.63, 3.8) is 0 Å². The first-order valence-electron chi connectivity index (χ1n) is 5.61. The zero-order valence-corrected chi connectivity index (χ0v) is 11.9. The molecule has 0 radical (unpaired) electrons. The van der Waals surface area contributed by atoms with Crippen LogP contribution < -0.4 is 15.2 Å². The third-order valence-electron chi connectivity index (χ3n) is 2.28. The lowest BCUT2D eigenvalue weighted by Gasteiger charge is -2.07. The molecule has 1 aromatic heterocycles. The van der Waals surface area contributed by atoms with Crippen molar-refractivity contribution in [3.8, 4) is 5.75 Å². The van der Waals surface area contributed by atoms with E-state index in [1.54, 1.807) is 29.6 Å². The molecule has 1 heterocycles. The second-order valence-corrected chi connectivity index (χ2v) is 6.58. The van der Waals surface area contributed by atoms with Gasteiger partial charge in [-0.1, -0.05) is 0 Å². The Balaban J connectivity index is 2.16. The Labute approximate surface area is 116 Å². The molecule has 0 bridgehead atoms. The number of ether oxygens (including phenoxy) is 1. The average molecular weight is 298 g/mol. The first kappa shape index (κ1) is 13.7. The van der Waals surface area contributed by atoms with Gasteiger partial charge < -0.3 is 10.5 Å². The highest BCUT2D eigenvalue weighted by molar-refractivity contribution is 7.94. The van der Waals surface area contributed by atoms with E-state index in [0.717, 1.165) is 11.3 Å². The quantitative estimate of drug-likeness (QED) is 0.888. The van der Waals surface area contributed by atoms with Crippen molar-refractivity contribution in [1.29, 1.82) is 0 Å². The van der Waals surface area contributed by atoms with Crippen LogP contribution in [0.1, 0.15) is 6.92 Å². The lowest BCUT2D eigenvalue weighted by atomic mass is 10.3. The van der Waals surface area contributed by atoms with E-state index in [1.165, 1.54) is 6.07 Å². The van der Waals surface area contributed by atoms with E-state index in [4.69, 9.17) is 10.5 Å². The second-order valence-electron chi connectivity index (χ2n) is 3.76. The Morgan fingerprint density at radius 1 is 1.32 bits per heavy atom. The van der Waals surface area contributed by atoms with Gasteiger partial charge in [0.25, 0.3) is 10.0 Å². The summed E-state index contributed by atoms with van der Waals surface area (Å²) in [7, 11) is -3.57. The van der Waals surface area contributed by atoms with Gasteiger partial charge in [0, 0.05) is 16.8 Å². The summed E-state index contributed by atoms with van der Waals surface area (Å²) in [4.78, 5) is 0. The maximum absolute atomic E-state index is 12.0. The number of nitrogens with one attached hydrogen (secondary N) is 1. The highest BCUT2D eigenvalue weighted by Crippen LogP contribution is 2.25. The number of sulfonamides is 1. The first-order valence-corrected chi connectivity index (χ1v) is 7.97. The number of benzene rings is 1. The summed E-state index contributed by atoms with van der Waals surface area (Å²) in [5.41, 5.74) is 6.45. The molecule has 0 unspecified atom stereocenters. The zero-order valence-electron chi connectivity index (χ0n) is 10.3. The summed E-state index contributed by atoms with van der Waals surface area (Å²) in [6.45, 7) is 2.46. The summed E-state index contributed by atoms with van der Waals surface area (Å²) in [6, 6.07) is 8.16. The van der Waals surface area contributed by atoms with Crippen LogP contribution in [0, 0.1) is 0 Å². The molecule has 2 aromatic rings. The maximum Gasteiger partial charge on any atom is 0.271 e. The first-order chi connectivity index (χ1) is 9.01. The lowest BCUT2D eigenvalue weighted by molar-refractivity contribution is 0.340. The van der Waals surface area contributed by atoms with Gasteiger partial charge >= 0.3 is 0 Å². The van der Waals surface area contributed by atoms with Crippen LogP contribution in [0.15, 0.2) is 39.9 Å². The van der Waals surface area contributed by atoms with E-state index in [1.807, 2.05) is 6.92 Å². The van der Waals surface area contributed by atoms with E-state index >= 15 is 0 Å². The number of anilines is 2. The molecule has 0 aliphatic carbocycles. The topological polar surface area (TPSA) is 81.4 Å². The van der Waals surface area contributed by atoms with Gasteiger partial charge in [-0.15, -0.1) is 11.3 Å². The largest absolute Gasteiger partial charge is 0.494 e. The molecule has 0 saturated heterocycles. The second kappa shape index (κ2) is 5.50. The molecular weight excluding hydrogens is 284 g/mol. The average Bonchev–Trinajstić information content (AvgIpc) is 2.79. The molecule has 0 aliphatic rings. The van der Waals surface area contributed by atoms with Gasteiger partial charge in [0.1, 0.15) is 9.96 Å². The third kappa shape index (κ3) is 3.39. The smallest absolute Gasteiger partial charge is 0.271 e. The number of nitrogen functional groups attached to an aromatic ring is 1. The minimum absolute atomic E-state index is 0.193. The van der Waals surface area contributed by atoms with Gasteiger partial charge in [-0.3, -0.25) is 4.72 Å². The Bertz CT molecular complexity index is 648. The minimum Gasteiger partial charge on any atom is -0.494 e. The van der Waals surface area contributed by atoms with Crippen LogP contribution in [0.2, 0.25) is 0 Å². The maximum atomic E-state index is 12.0. The molecule has 2 rings (SSSR count). The van der Waals surface area contributed by atoms with Crippen molar-refractivity contribution in [2.24, 2.45) is 0 Å². The molecular formula is C12H14N2O3S2. The van der Waals surface area contributed by atoms with E-state index in [0.29, 0.717) is 23.7 Å². The van der Waals surface area contributed by atoms with Crippen LogP contribution in [0.3, 0.4) is 0 Å². The fourth-order valence-electron chi connectivity index (χ4n) is 1.46. The Kier molecular flexibility index (Phi) is 3.96. The third-order valence-corrected chi connectivity index (χ3v) is 5.12. The van der Waals surface area contributed by atoms with Gasteiger partial charge in [-0.2, -0.15) is 0 Å². The molecule has 5 nitrogen and oxygen atoms in total. The van der Waals surface area contributed by atoms with Gasteiger partial charge in [-0.05, 0) is 37.3 Å². The predicted molar refractivity (Wildman–Crippen MR) is 77.2 cm³/mol. The molecule has 0 amide bonds. The van der Waals surface area contributed by atoms with Gasteiger partial charge in [0.05, 0.1) is 6.61 Å². The van der Waals surface area contributed by atoms with Crippen LogP contribution >= 0.6 is 11.3 Å². The van der Waals surface area contributed by atoms with Crippen LogP contribution in [-0.2, 0) is 10.0 Å². The highest BCUT2D eigenvalue weighted by atomic mass is 32.2. The lowest BCUT2D eigenvalue weighted by Crippen LogP contribution is -2.11. The van der Waals surface area contributed by atoms with Gasteiger partial charge in [-0.25, -0.2) is 8.42 Å². The zero-order chi connectivity index (χ0) is 13.9. The van der Waals surface area contributed by atoms with Crippen molar-refractivity contribution >= 4 is 32.7 Å². The Hall–Kier alpha value is -1.73. The summed E-state index contributed by atoms with van der Waals surface area (Å²) in [6.07, 6.45) is 0. The van der Waals surface area contributed by atoms with E-state index < -0.39 is 10.0 Å². The van der Waals surface area contributed by atoms with Crippen LogP contribution in [0.5, 0.6) is 5.75 Å². The fourth-order valence-corrected chi connectivity index (χ4v) is 3.60. The number of hydrogen-bond acceptors (Lipinski definition) is 5. The number of rotatable bonds is 5. The molecule has 0 saturated carbocycles. The number of nitrogens with two attached hydrogens (primary N) is 1. The van der Waals surface area contributed by atoms with E-state index in [2.05, 4.69) is 4.72 Å². The molecule has 0 aliphatic heterocycles. The van der Waals surface area contributed by atoms with E-state index in [-0.39, 0.29) is 4.21 Å². The molecule has 3 N–H and O–H groups in total. The molecule has 7 heteroatoms. The monoisotopic (exact) mass is 298 g/mol. The molecule has 0 fully saturated rings. The van der Waals surface area contributed by atoms with Crippen molar-refractivity contribution in [3.05, 3.63) is 35.7 Å². The predicted octanol–water partition coefficient (Wildman–Crippen LogP) is 2.53. The molecule has 1 aromatic carbocycles.